The van der Waals surface area contributed by atoms with Crippen molar-refractivity contribution < 1.29 is 9.59 Å². The van der Waals surface area contributed by atoms with Crippen LogP contribution in [0.2, 0.25) is 0 Å². The molecule has 1 atom stereocenters. The van der Waals surface area contributed by atoms with E-state index >= 15 is 0 Å². The highest BCUT2D eigenvalue weighted by atomic mass is 16.2. The highest BCUT2D eigenvalue weighted by Crippen LogP contribution is 2.30. The van der Waals surface area contributed by atoms with E-state index in [4.69, 9.17) is 0 Å². The molecular weight excluding hydrogens is 324 g/mol. The molecule has 0 bridgehead atoms. The summed E-state index contributed by atoms with van der Waals surface area (Å²) in [6.45, 7) is 4.33. The molecule has 4 rings (SSSR count). The summed E-state index contributed by atoms with van der Waals surface area (Å²) < 4.78 is 0. The van der Waals surface area contributed by atoms with Crippen LogP contribution in [0.3, 0.4) is 0 Å². The molecule has 2 aromatic rings. The van der Waals surface area contributed by atoms with Gasteiger partial charge in [0.05, 0.1) is 6.04 Å². The first-order valence-corrected chi connectivity index (χ1v) is 9.39. The van der Waals surface area contributed by atoms with Crippen molar-refractivity contribution in [3.8, 4) is 0 Å². The number of fused-ring (bicyclic) bond motifs is 1. The number of hydrogen-bond donors (Lipinski definition) is 0. The van der Waals surface area contributed by atoms with Gasteiger partial charge in [0, 0.05) is 31.6 Å². The van der Waals surface area contributed by atoms with Crippen LogP contribution in [0.15, 0.2) is 48.5 Å². The minimum absolute atomic E-state index is 0.0794. The molecule has 0 aliphatic carbocycles. The van der Waals surface area contributed by atoms with E-state index in [1.165, 1.54) is 11.1 Å². The van der Waals surface area contributed by atoms with Crippen molar-refractivity contribution in [1.82, 2.24) is 9.80 Å². The van der Waals surface area contributed by atoms with Gasteiger partial charge in [-0.05, 0) is 48.6 Å². The van der Waals surface area contributed by atoms with Crippen LogP contribution < -0.4 is 0 Å². The average molecular weight is 348 g/mol. The Morgan fingerprint density at radius 3 is 2.54 bits per heavy atom. The number of amides is 2. The van der Waals surface area contributed by atoms with Gasteiger partial charge in [-0.2, -0.15) is 0 Å². The fourth-order valence-corrected chi connectivity index (χ4v) is 4.06. The zero-order chi connectivity index (χ0) is 18.1. The molecule has 2 aromatic carbocycles. The summed E-state index contributed by atoms with van der Waals surface area (Å²) in [5.74, 6) is 0.307. The molecular formula is C22H24N2O2. The minimum atomic E-state index is 0.0794. The first-order chi connectivity index (χ1) is 12.6. The number of carbonyl (C=O) groups is 2. The van der Waals surface area contributed by atoms with Gasteiger partial charge in [-0.1, -0.05) is 36.4 Å². The highest BCUT2D eigenvalue weighted by Gasteiger charge is 2.28. The van der Waals surface area contributed by atoms with Crippen LogP contribution in [0.4, 0.5) is 0 Å². The van der Waals surface area contributed by atoms with Gasteiger partial charge in [0.25, 0.3) is 5.91 Å². The number of carbonyl (C=O) groups excluding carboxylic acids is 2. The van der Waals surface area contributed by atoms with E-state index in [0.29, 0.717) is 18.5 Å². The van der Waals surface area contributed by atoms with E-state index in [9.17, 15) is 9.59 Å². The second kappa shape index (κ2) is 6.94. The van der Waals surface area contributed by atoms with E-state index in [1.807, 2.05) is 40.1 Å². The fraction of sp³-hybridized carbons (Fsp3) is 0.364. The van der Waals surface area contributed by atoms with Crippen molar-refractivity contribution in [3.63, 3.8) is 0 Å². The molecule has 0 aromatic heterocycles. The van der Waals surface area contributed by atoms with Crippen molar-refractivity contribution in [3.05, 3.63) is 70.8 Å². The summed E-state index contributed by atoms with van der Waals surface area (Å²) in [4.78, 5) is 28.6. The number of nitrogens with zero attached hydrogens (tertiary/aromatic N) is 2. The van der Waals surface area contributed by atoms with Crippen LogP contribution in [-0.4, -0.2) is 34.7 Å². The molecule has 1 fully saturated rings. The van der Waals surface area contributed by atoms with Crippen LogP contribution in [0, 0.1) is 0 Å². The fourth-order valence-electron chi connectivity index (χ4n) is 4.06. The molecule has 0 saturated carbocycles. The van der Waals surface area contributed by atoms with Gasteiger partial charge in [0.2, 0.25) is 5.91 Å². The lowest BCUT2D eigenvalue weighted by Crippen LogP contribution is -2.38. The van der Waals surface area contributed by atoms with Gasteiger partial charge in [0.1, 0.15) is 0 Å². The van der Waals surface area contributed by atoms with Crippen molar-refractivity contribution in [2.24, 2.45) is 0 Å². The van der Waals surface area contributed by atoms with Crippen molar-refractivity contribution in [2.45, 2.75) is 38.8 Å². The van der Waals surface area contributed by atoms with E-state index in [2.05, 4.69) is 25.1 Å². The Morgan fingerprint density at radius 1 is 1.04 bits per heavy atom. The summed E-state index contributed by atoms with van der Waals surface area (Å²) >= 11 is 0. The standard InChI is InChI=1S/C22H24N2O2/c1-16-20-6-3-2-5-18(20)12-14-24(16)22(26)19-10-8-17(9-11-19)15-23-13-4-7-21(23)25/h2-3,5-6,8-11,16H,4,7,12-15H2,1H3/t16-/m0/s1. The number of hydrogen-bond acceptors (Lipinski definition) is 2. The van der Waals surface area contributed by atoms with Gasteiger partial charge in [0.15, 0.2) is 0 Å². The first kappa shape index (κ1) is 16.8. The van der Waals surface area contributed by atoms with E-state index in [0.717, 1.165) is 31.5 Å². The quantitative estimate of drug-likeness (QED) is 0.851. The minimum Gasteiger partial charge on any atom is -0.338 e. The number of rotatable bonds is 3. The van der Waals surface area contributed by atoms with Gasteiger partial charge in [-0.15, -0.1) is 0 Å². The Hall–Kier alpha value is -2.62. The number of likely N-dealkylation sites (tertiary alicyclic amines) is 1. The van der Waals surface area contributed by atoms with Gasteiger partial charge >= 0.3 is 0 Å². The SMILES string of the molecule is C[C@H]1c2ccccc2CCN1C(=O)c1ccc(CN2CCCC2=O)cc1. The Bertz CT molecular complexity index is 828. The molecule has 0 N–H and O–H groups in total. The first-order valence-electron chi connectivity index (χ1n) is 9.39. The molecule has 0 radical (unpaired) electrons. The molecule has 2 heterocycles. The summed E-state index contributed by atoms with van der Waals surface area (Å²) in [5, 5.41) is 0. The summed E-state index contributed by atoms with van der Waals surface area (Å²) in [7, 11) is 0. The molecule has 26 heavy (non-hydrogen) atoms. The predicted molar refractivity (Wildman–Crippen MR) is 101 cm³/mol. The van der Waals surface area contributed by atoms with Crippen molar-refractivity contribution >= 4 is 11.8 Å². The molecule has 2 aliphatic heterocycles. The van der Waals surface area contributed by atoms with Crippen LogP contribution in [0.1, 0.15) is 52.9 Å². The van der Waals surface area contributed by atoms with E-state index in [-0.39, 0.29) is 17.9 Å². The lowest BCUT2D eigenvalue weighted by Gasteiger charge is -2.35. The smallest absolute Gasteiger partial charge is 0.254 e. The third kappa shape index (κ3) is 3.12. The molecule has 2 aliphatic rings. The van der Waals surface area contributed by atoms with Crippen molar-refractivity contribution in [1.29, 1.82) is 0 Å². The molecule has 134 valence electrons. The van der Waals surface area contributed by atoms with E-state index < -0.39 is 0 Å². The van der Waals surface area contributed by atoms with Gasteiger partial charge in [-0.25, -0.2) is 0 Å². The second-order valence-electron chi connectivity index (χ2n) is 7.24. The molecule has 2 amide bonds. The average Bonchev–Trinajstić information content (AvgIpc) is 3.07. The number of benzene rings is 2. The largest absolute Gasteiger partial charge is 0.338 e. The zero-order valence-electron chi connectivity index (χ0n) is 15.1. The lowest BCUT2D eigenvalue weighted by molar-refractivity contribution is -0.128. The van der Waals surface area contributed by atoms with Crippen LogP contribution in [0.25, 0.3) is 0 Å². The van der Waals surface area contributed by atoms with Crippen LogP contribution in [-0.2, 0) is 17.8 Å². The Morgan fingerprint density at radius 2 is 1.81 bits per heavy atom. The summed E-state index contributed by atoms with van der Waals surface area (Å²) in [5.41, 5.74) is 4.38. The van der Waals surface area contributed by atoms with Crippen LogP contribution >= 0.6 is 0 Å². The molecule has 1 saturated heterocycles. The highest BCUT2D eigenvalue weighted by molar-refractivity contribution is 5.94. The monoisotopic (exact) mass is 348 g/mol. The van der Waals surface area contributed by atoms with Crippen LogP contribution in [0.5, 0.6) is 0 Å². The summed E-state index contributed by atoms with van der Waals surface area (Å²) in [6, 6.07) is 16.2. The van der Waals surface area contributed by atoms with E-state index in [1.54, 1.807) is 0 Å². The van der Waals surface area contributed by atoms with Gasteiger partial charge < -0.3 is 9.80 Å². The third-order valence-electron chi connectivity index (χ3n) is 5.60. The van der Waals surface area contributed by atoms with Crippen molar-refractivity contribution in [2.75, 3.05) is 13.1 Å². The Balaban J connectivity index is 1.47. The maximum Gasteiger partial charge on any atom is 0.254 e. The third-order valence-corrected chi connectivity index (χ3v) is 5.60. The molecule has 0 unspecified atom stereocenters. The lowest BCUT2D eigenvalue weighted by atomic mass is 9.93. The Labute approximate surface area is 154 Å². The predicted octanol–water partition coefficient (Wildman–Crippen LogP) is 3.57. The maximum absolute atomic E-state index is 13.0. The molecule has 0 spiro atoms. The van der Waals surface area contributed by atoms with Gasteiger partial charge in [-0.3, -0.25) is 9.59 Å². The topological polar surface area (TPSA) is 40.6 Å². The molecule has 4 nitrogen and oxygen atoms in total. The molecule has 4 heteroatoms. The maximum atomic E-state index is 13.0. The summed E-state index contributed by atoms with van der Waals surface area (Å²) in [6.07, 6.45) is 2.51. The normalized spacial score (nSPS) is 19.6. The second-order valence-corrected chi connectivity index (χ2v) is 7.24. The zero-order valence-corrected chi connectivity index (χ0v) is 15.1. The Kier molecular flexibility index (Phi) is 4.49.